The second-order valence-corrected chi connectivity index (χ2v) is 6.66. The lowest BCUT2D eigenvalue weighted by molar-refractivity contribution is -0.166. The fourth-order valence-corrected chi connectivity index (χ4v) is 3.54. The first kappa shape index (κ1) is 16.7. The number of cyclic esters (lactones) is 1. The summed E-state index contributed by atoms with van der Waals surface area (Å²) in [5, 5.41) is 2.18. The van der Waals surface area contributed by atoms with Gasteiger partial charge >= 0.3 is 11.9 Å². The van der Waals surface area contributed by atoms with Crippen molar-refractivity contribution in [2.24, 2.45) is 5.41 Å². The highest BCUT2D eigenvalue weighted by atomic mass is 32.1. The maximum absolute atomic E-state index is 12.5. The molecule has 1 aliphatic heterocycles. The van der Waals surface area contributed by atoms with Crippen molar-refractivity contribution in [3.8, 4) is 0 Å². The van der Waals surface area contributed by atoms with E-state index in [1.165, 1.54) is 11.3 Å². The molecule has 0 aromatic carbocycles. The molecule has 22 heavy (non-hydrogen) atoms. The molecule has 0 spiro atoms. The van der Waals surface area contributed by atoms with E-state index >= 15 is 0 Å². The quantitative estimate of drug-likeness (QED) is 0.638. The number of ether oxygens (including phenoxy) is 2. The predicted octanol–water partition coefficient (Wildman–Crippen LogP) is 2.63. The zero-order valence-electron chi connectivity index (χ0n) is 13.2. The topological polar surface area (TPSA) is 91.5 Å². The number of aromatic nitrogens is 1. The SMILES string of the molecule is CCCC[C@]1(C(=O)OCC)C[C@](C)(c2csc(N)n2)OC1=O. The third-order valence-electron chi connectivity index (χ3n) is 4.03. The molecule has 1 aromatic rings. The molecule has 7 heteroatoms. The number of unbranched alkanes of at least 4 members (excludes halogenated alkanes) is 1. The number of hydrogen-bond donors (Lipinski definition) is 1. The summed E-state index contributed by atoms with van der Waals surface area (Å²) in [6.07, 6.45) is 2.30. The molecular formula is C15H22N2O4S. The van der Waals surface area contributed by atoms with Crippen LogP contribution in [0.1, 0.15) is 52.1 Å². The van der Waals surface area contributed by atoms with Crippen LogP contribution < -0.4 is 5.73 Å². The molecule has 0 bridgehead atoms. The van der Waals surface area contributed by atoms with E-state index in [1.54, 1.807) is 19.2 Å². The predicted molar refractivity (Wildman–Crippen MR) is 83.2 cm³/mol. The molecule has 2 heterocycles. The zero-order chi connectivity index (χ0) is 16.4. The smallest absolute Gasteiger partial charge is 0.324 e. The third-order valence-corrected chi connectivity index (χ3v) is 4.71. The molecule has 1 fully saturated rings. The van der Waals surface area contributed by atoms with Crippen LogP contribution in [-0.4, -0.2) is 23.5 Å². The van der Waals surface area contributed by atoms with Gasteiger partial charge in [0, 0.05) is 11.8 Å². The van der Waals surface area contributed by atoms with Crippen molar-refractivity contribution in [2.75, 3.05) is 12.3 Å². The van der Waals surface area contributed by atoms with Gasteiger partial charge in [-0.2, -0.15) is 0 Å². The van der Waals surface area contributed by atoms with Gasteiger partial charge in [-0.3, -0.25) is 9.59 Å². The number of carbonyl (C=O) groups is 2. The molecule has 0 saturated carbocycles. The highest BCUT2D eigenvalue weighted by Gasteiger charge is 2.61. The Labute approximate surface area is 134 Å². The molecule has 0 unspecified atom stereocenters. The average molecular weight is 326 g/mol. The van der Waals surface area contributed by atoms with Crippen LogP contribution in [0.15, 0.2) is 5.38 Å². The Morgan fingerprint density at radius 2 is 2.27 bits per heavy atom. The lowest BCUT2D eigenvalue weighted by Gasteiger charge is -2.24. The van der Waals surface area contributed by atoms with Crippen molar-refractivity contribution in [2.45, 2.75) is 52.1 Å². The van der Waals surface area contributed by atoms with Gasteiger partial charge in [0.1, 0.15) is 0 Å². The number of carbonyl (C=O) groups excluding carboxylic acids is 2. The van der Waals surface area contributed by atoms with Gasteiger partial charge in [0.25, 0.3) is 0 Å². The number of nitrogens with zero attached hydrogens (tertiary/aromatic N) is 1. The minimum atomic E-state index is -1.24. The van der Waals surface area contributed by atoms with Crippen molar-refractivity contribution >= 4 is 28.4 Å². The lowest BCUT2D eigenvalue weighted by atomic mass is 9.76. The molecule has 0 aliphatic carbocycles. The van der Waals surface area contributed by atoms with Gasteiger partial charge < -0.3 is 15.2 Å². The number of anilines is 1. The first-order valence-corrected chi connectivity index (χ1v) is 8.38. The van der Waals surface area contributed by atoms with Crippen molar-refractivity contribution in [1.29, 1.82) is 0 Å². The molecule has 0 amide bonds. The first-order chi connectivity index (χ1) is 10.4. The van der Waals surface area contributed by atoms with E-state index < -0.39 is 23.0 Å². The van der Waals surface area contributed by atoms with Crippen LogP contribution in [-0.2, 0) is 24.7 Å². The van der Waals surface area contributed by atoms with E-state index in [0.717, 1.165) is 12.8 Å². The van der Waals surface area contributed by atoms with Gasteiger partial charge in [-0.1, -0.05) is 19.8 Å². The van der Waals surface area contributed by atoms with Crippen LogP contribution in [0.25, 0.3) is 0 Å². The van der Waals surface area contributed by atoms with Crippen LogP contribution in [0.3, 0.4) is 0 Å². The summed E-state index contributed by atoms with van der Waals surface area (Å²) in [7, 11) is 0. The van der Waals surface area contributed by atoms with Gasteiger partial charge in [-0.25, -0.2) is 4.98 Å². The summed E-state index contributed by atoms with van der Waals surface area (Å²) in [4.78, 5) is 29.2. The summed E-state index contributed by atoms with van der Waals surface area (Å²) in [5.74, 6) is -1.02. The molecule has 122 valence electrons. The number of rotatable bonds is 6. The number of nitrogens with two attached hydrogens (primary N) is 1. The van der Waals surface area contributed by atoms with Gasteiger partial charge in [0.15, 0.2) is 16.1 Å². The van der Waals surface area contributed by atoms with Crippen LogP contribution in [0.2, 0.25) is 0 Å². The van der Waals surface area contributed by atoms with Gasteiger partial charge in [-0.15, -0.1) is 11.3 Å². The Hall–Kier alpha value is -1.63. The second kappa shape index (κ2) is 6.24. The third kappa shape index (κ3) is 2.82. The molecule has 2 rings (SSSR count). The van der Waals surface area contributed by atoms with Crippen LogP contribution in [0.4, 0.5) is 5.13 Å². The summed E-state index contributed by atoms with van der Waals surface area (Å²) < 4.78 is 10.7. The van der Waals surface area contributed by atoms with Crippen LogP contribution in [0, 0.1) is 5.41 Å². The van der Waals surface area contributed by atoms with E-state index in [0.29, 0.717) is 17.2 Å². The molecule has 6 nitrogen and oxygen atoms in total. The van der Waals surface area contributed by atoms with Gasteiger partial charge in [-0.05, 0) is 20.3 Å². The van der Waals surface area contributed by atoms with Crippen LogP contribution in [0.5, 0.6) is 0 Å². The Kier molecular flexibility index (Phi) is 4.75. The minimum Gasteiger partial charge on any atom is -0.465 e. The van der Waals surface area contributed by atoms with Crippen molar-refractivity contribution in [3.63, 3.8) is 0 Å². The van der Waals surface area contributed by atoms with E-state index in [2.05, 4.69) is 4.98 Å². The molecule has 1 aliphatic rings. The fraction of sp³-hybridized carbons (Fsp3) is 0.667. The Morgan fingerprint density at radius 1 is 1.55 bits per heavy atom. The first-order valence-electron chi connectivity index (χ1n) is 7.50. The number of nitrogen functional groups attached to an aromatic ring is 1. The van der Waals surface area contributed by atoms with Crippen molar-refractivity contribution in [3.05, 3.63) is 11.1 Å². The highest BCUT2D eigenvalue weighted by Crippen LogP contribution is 2.50. The molecule has 1 saturated heterocycles. The van der Waals surface area contributed by atoms with Gasteiger partial charge in [0.2, 0.25) is 0 Å². The average Bonchev–Trinajstić information content (AvgIpc) is 3.00. The van der Waals surface area contributed by atoms with E-state index in [9.17, 15) is 9.59 Å². The number of hydrogen-bond acceptors (Lipinski definition) is 7. The number of esters is 2. The number of thiazole rings is 1. The minimum absolute atomic E-state index is 0.236. The Bertz CT molecular complexity index is 574. The fourth-order valence-electron chi connectivity index (χ4n) is 2.86. The standard InChI is InChI=1S/C15H22N2O4S/c1-4-6-7-15(11(18)20-5-2)9-14(3,21-12(15)19)10-8-22-13(16)17-10/h8H,4-7,9H2,1-3H3,(H2,16,17)/t14-,15-/m1/s1. The largest absolute Gasteiger partial charge is 0.465 e. The van der Waals surface area contributed by atoms with Gasteiger partial charge in [0.05, 0.1) is 12.3 Å². The molecule has 2 N–H and O–H groups in total. The second-order valence-electron chi connectivity index (χ2n) is 5.77. The summed E-state index contributed by atoms with van der Waals surface area (Å²) in [6.45, 7) is 5.75. The molecular weight excluding hydrogens is 304 g/mol. The van der Waals surface area contributed by atoms with E-state index in [-0.39, 0.29) is 13.0 Å². The molecule has 1 aromatic heterocycles. The van der Waals surface area contributed by atoms with Crippen LogP contribution >= 0.6 is 11.3 Å². The maximum Gasteiger partial charge on any atom is 0.324 e. The normalized spacial score (nSPS) is 27.7. The zero-order valence-corrected chi connectivity index (χ0v) is 14.0. The van der Waals surface area contributed by atoms with E-state index in [1.807, 2.05) is 6.92 Å². The molecule has 2 atom stereocenters. The Morgan fingerprint density at radius 3 is 2.82 bits per heavy atom. The molecule has 0 radical (unpaired) electrons. The monoisotopic (exact) mass is 326 g/mol. The van der Waals surface area contributed by atoms with Crippen molar-refractivity contribution in [1.82, 2.24) is 4.98 Å². The highest BCUT2D eigenvalue weighted by molar-refractivity contribution is 7.13. The Balaban J connectivity index is 2.34. The van der Waals surface area contributed by atoms with E-state index in [4.69, 9.17) is 15.2 Å². The van der Waals surface area contributed by atoms with Crippen molar-refractivity contribution < 1.29 is 19.1 Å². The lowest BCUT2D eigenvalue weighted by Crippen LogP contribution is -2.37. The summed E-state index contributed by atoms with van der Waals surface area (Å²) in [5.41, 5.74) is 4.08. The summed E-state index contributed by atoms with van der Waals surface area (Å²) in [6, 6.07) is 0. The summed E-state index contributed by atoms with van der Waals surface area (Å²) >= 11 is 1.29. The maximum atomic E-state index is 12.5.